The second-order valence-electron chi connectivity index (χ2n) is 5.71. The van der Waals surface area contributed by atoms with Gasteiger partial charge in [0.1, 0.15) is 5.75 Å². The van der Waals surface area contributed by atoms with Crippen LogP contribution in [0.3, 0.4) is 0 Å². The Hall–Kier alpha value is -2.05. The minimum atomic E-state index is 0.394. The van der Waals surface area contributed by atoms with Crippen molar-refractivity contribution in [3.8, 4) is 11.6 Å². The molecule has 1 atom stereocenters. The molecule has 0 radical (unpaired) electrons. The molecule has 1 saturated heterocycles. The van der Waals surface area contributed by atoms with E-state index in [1.165, 1.54) is 6.42 Å². The highest BCUT2D eigenvalue weighted by Gasteiger charge is 2.22. The van der Waals surface area contributed by atoms with Crippen molar-refractivity contribution in [3.63, 3.8) is 0 Å². The predicted octanol–water partition coefficient (Wildman–Crippen LogP) is 2.49. The first kappa shape index (κ1) is 15.8. The molecular weight excluding hydrogens is 292 g/mol. The van der Waals surface area contributed by atoms with Gasteiger partial charge in [-0.15, -0.1) is 0 Å². The van der Waals surface area contributed by atoms with Crippen LogP contribution < -0.4 is 4.74 Å². The number of ether oxygens (including phenoxy) is 2. The van der Waals surface area contributed by atoms with Crippen molar-refractivity contribution in [3.05, 3.63) is 42.6 Å². The van der Waals surface area contributed by atoms with E-state index in [1.54, 1.807) is 25.7 Å². The third-order valence-electron chi connectivity index (χ3n) is 4.02. The van der Waals surface area contributed by atoms with Gasteiger partial charge >= 0.3 is 0 Å². The van der Waals surface area contributed by atoms with E-state index in [4.69, 9.17) is 9.47 Å². The van der Waals surface area contributed by atoms with Gasteiger partial charge in [0, 0.05) is 38.5 Å². The molecule has 6 nitrogen and oxygen atoms in total. The molecule has 1 aliphatic heterocycles. The number of aromatic nitrogens is 3. The van der Waals surface area contributed by atoms with Gasteiger partial charge in [-0.1, -0.05) is 0 Å². The summed E-state index contributed by atoms with van der Waals surface area (Å²) < 4.78 is 10.9. The molecular formula is C17H22N4O2. The number of likely N-dealkylation sites (tertiary alicyclic amines) is 1. The molecule has 0 saturated carbocycles. The lowest BCUT2D eigenvalue weighted by molar-refractivity contribution is 0.127. The van der Waals surface area contributed by atoms with Crippen LogP contribution in [-0.4, -0.2) is 53.2 Å². The summed E-state index contributed by atoms with van der Waals surface area (Å²) in [5.41, 5.74) is 0.994. The maximum absolute atomic E-state index is 5.73. The predicted molar refractivity (Wildman–Crippen MR) is 86.6 cm³/mol. The molecule has 0 bridgehead atoms. The quantitative estimate of drug-likeness (QED) is 0.816. The Morgan fingerprint density at radius 1 is 1.26 bits per heavy atom. The van der Waals surface area contributed by atoms with Crippen molar-refractivity contribution in [1.29, 1.82) is 0 Å². The Balaban J connectivity index is 1.67. The van der Waals surface area contributed by atoms with Crippen LogP contribution >= 0.6 is 0 Å². The molecule has 2 aromatic heterocycles. The molecule has 122 valence electrons. The Morgan fingerprint density at radius 2 is 2.22 bits per heavy atom. The largest absolute Gasteiger partial charge is 0.436 e. The summed E-state index contributed by atoms with van der Waals surface area (Å²) in [6.07, 6.45) is 9.17. The van der Waals surface area contributed by atoms with Crippen LogP contribution in [0.25, 0.3) is 0 Å². The summed E-state index contributed by atoms with van der Waals surface area (Å²) in [7, 11) is 1.74. The fourth-order valence-electron chi connectivity index (χ4n) is 2.86. The lowest BCUT2D eigenvalue weighted by atomic mass is 9.95. The van der Waals surface area contributed by atoms with Crippen LogP contribution in [-0.2, 0) is 4.74 Å². The molecule has 2 aromatic rings. The summed E-state index contributed by atoms with van der Waals surface area (Å²) in [6.45, 7) is 3.85. The third-order valence-corrected chi connectivity index (χ3v) is 4.02. The summed E-state index contributed by atoms with van der Waals surface area (Å²) >= 11 is 0. The van der Waals surface area contributed by atoms with Crippen molar-refractivity contribution in [2.24, 2.45) is 0 Å². The van der Waals surface area contributed by atoms with Crippen LogP contribution in [0.2, 0.25) is 0 Å². The van der Waals surface area contributed by atoms with E-state index in [0.29, 0.717) is 17.5 Å². The number of rotatable bonds is 6. The van der Waals surface area contributed by atoms with Crippen LogP contribution in [0.1, 0.15) is 24.5 Å². The summed E-state index contributed by atoms with van der Waals surface area (Å²) in [5.74, 6) is 1.58. The standard InChI is InChI=1S/C17H22N4O2/c1-22-9-8-21-7-3-4-14(13-21)16-11-19-12-17(20-16)23-15-5-2-6-18-10-15/h2,5-6,10-12,14H,3-4,7-9,13H2,1H3/t14-/m0/s1. The highest BCUT2D eigenvalue weighted by molar-refractivity contribution is 5.23. The van der Waals surface area contributed by atoms with Gasteiger partial charge in [0.15, 0.2) is 0 Å². The molecule has 6 heteroatoms. The zero-order chi connectivity index (χ0) is 15.9. The molecule has 0 aliphatic carbocycles. The topological polar surface area (TPSA) is 60.4 Å². The Morgan fingerprint density at radius 3 is 3.04 bits per heavy atom. The number of nitrogens with zero attached hydrogens (tertiary/aromatic N) is 4. The van der Waals surface area contributed by atoms with Gasteiger partial charge in [-0.3, -0.25) is 9.97 Å². The molecule has 1 aliphatic rings. The Bertz CT molecular complexity index is 609. The van der Waals surface area contributed by atoms with Gasteiger partial charge in [0.25, 0.3) is 0 Å². The molecule has 3 rings (SSSR count). The van der Waals surface area contributed by atoms with Crippen molar-refractivity contribution >= 4 is 0 Å². The summed E-state index contributed by atoms with van der Waals surface area (Å²) in [4.78, 5) is 15.4. The van der Waals surface area contributed by atoms with Crippen molar-refractivity contribution in [2.45, 2.75) is 18.8 Å². The number of methoxy groups -OCH3 is 1. The second-order valence-corrected chi connectivity index (χ2v) is 5.71. The lowest BCUT2D eigenvalue weighted by Gasteiger charge is -2.32. The van der Waals surface area contributed by atoms with E-state index in [-0.39, 0.29) is 0 Å². The summed E-state index contributed by atoms with van der Waals surface area (Å²) in [6, 6.07) is 3.69. The molecule has 0 spiro atoms. The first-order chi connectivity index (χ1) is 11.3. The minimum Gasteiger partial charge on any atom is -0.436 e. The first-order valence-electron chi connectivity index (χ1n) is 7.96. The van der Waals surface area contributed by atoms with E-state index in [0.717, 1.165) is 38.4 Å². The highest BCUT2D eigenvalue weighted by Crippen LogP contribution is 2.27. The summed E-state index contributed by atoms with van der Waals surface area (Å²) in [5, 5.41) is 0. The van der Waals surface area contributed by atoms with Crippen LogP contribution in [0.4, 0.5) is 0 Å². The van der Waals surface area contributed by atoms with E-state index < -0.39 is 0 Å². The number of piperidine rings is 1. The normalized spacial score (nSPS) is 18.7. The lowest BCUT2D eigenvalue weighted by Crippen LogP contribution is -2.36. The fraction of sp³-hybridized carbons (Fsp3) is 0.471. The van der Waals surface area contributed by atoms with Crippen LogP contribution in [0, 0.1) is 0 Å². The van der Waals surface area contributed by atoms with Gasteiger partial charge in [-0.25, -0.2) is 4.98 Å². The molecule has 23 heavy (non-hydrogen) atoms. The number of hydrogen-bond acceptors (Lipinski definition) is 6. The maximum Gasteiger partial charge on any atom is 0.238 e. The average molecular weight is 314 g/mol. The van der Waals surface area contributed by atoms with Gasteiger partial charge < -0.3 is 14.4 Å². The molecule has 3 heterocycles. The number of hydrogen-bond donors (Lipinski definition) is 0. The van der Waals surface area contributed by atoms with Crippen LogP contribution in [0.5, 0.6) is 11.6 Å². The molecule has 1 fully saturated rings. The second kappa shape index (κ2) is 7.99. The van der Waals surface area contributed by atoms with Gasteiger partial charge in [-0.2, -0.15) is 0 Å². The number of pyridine rings is 1. The molecule has 0 aromatic carbocycles. The Labute approximate surface area is 136 Å². The SMILES string of the molecule is COCCN1CCC[C@H](c2cncc(Oc3cccnc3)n2)C1. The highest BCUT2D eigenvalue weighted by atomic mass is 16.5. The van der Waals surface area contributed by atoms with Crippen molar-refractivity contribution in [2.75, 3.05) is 33.4 Å². The van der Waals surface area contributed by atoms with E-state index >= 15 is 0 Å². The minimum absolute atomic E-state index is 0.394. The van der Waals surface area contributed by atoms with Gasteiger partial charge in [-0.05, 0) is 31.5 Å². The van der Waals surface area contributed by atoms with Crippen molar-refractivity contribution < 1.29 is 9.47 Å². The maximum atomic E-state index is 5.73. The first-order valence-corrected chi connectivity index (χ1v) is 7.96. The van der Waals surface area contributed by atoms with E-state index in [2.05, 4.69) is 19.9 Å². The Kier molecular flexibility index (Phi) is 5.50. The van der Waals surface area contributed by atoms with E-state index in [9.17, 15) is 0 Å². The van der Waals surface area contributed by atoms with Crippen molar-refractivity contribution in [1.82, 2.24) is 19.9 Å². The molecule has 0 unspecified atom stereocenters. The smallest absolute Gasteiger partial charge is 0.238 e. The van der Waals surface area contributed by atoms with Gasteiger partial charge in [0.2, 0.25) is 5.88 Å². The zero-order valence-electron chi connectivity index (χ0n) is 13.4. The zero-order valence-corrected chi connectivity index (χ0v) is 13.4. The fourth-order valence-corrected chi connectivity index (χ4v) is 2.86. The monoisotopic (exact) mass is 314 g/mol. The average Bonchev–Trinajstić information content (AvgIpc) is 2.61. The molecule has 0 N–H and O–H groups in total. The third kappa shape index (κ3) is 4.46. The van der Waals surface area contributed by atoms with E-state index in [1.807, 2.05) is 18.3 Å². The molecule has 0 amide bonds. The van der Waals surface area contributed by atoms with Crippen LogP contribution in [0.15, 0.2) is 36.9 Å². The van der Waals surface area contributed by atoms with Gasteiger partial charge in [0.05, 0.1) is 24.7 Å².